The molecule has 1 unspecified atom stereocenters. The number of nitriles is 2. The molecule has 1 aliphatic rings. The van der Waals surface area contributed by atoms with Crippen LogP contribution in [-0.4, -0.2) is 55.1 Å². The maximum absolute atomic E-state index is 12.3. The Morgan fingerprint density at radius 2 is 1.82 bits per heavy atom. The number of rotatable bonds is 9. The predicted molar refractivity (Wildman–Crippen MR) is 130 cm³/mol. The first-order valence-electron chi connectivity index (χ1n) is 11.1. The summed E-state index contributed by atoms with van der Waals surface area (Å²) >= 11 is 1.17. The molecule has 8 nitrogen and oxygen atoms in total. The van der Waals surface area contributed by atoms with Gasteiger partial charge in [0, 0.05) is 26.2 Å². The Hall–Kier alpha value is -3.11. The summed E-state index contributed by atoms with van der Waals surface area (Å²) < 4.78 is 0. The number of carbonyl (C=O) groups excluding carboxylic acids is 1. The smallest absolute Gasteiger partial charge is 0.235 e. The number of hydrogen-bond acceptors (Lipinski definition) is 8. The average Bonchev–Trinajstić information content (AvgIpc) is 2.85. The predicted octanol–water partition coefficient (Wildman–Crippen LogP) is 2.18. The van der Waals surface area contributed by atoms with E-state index in [1.807, 2.05) is 37.3 Å². The second-order valence-electron chi connectivity index (χ2n) is 7.83. The van der Waals surface area contributed by atoms with Crippen molar-refractivity contribution in [2.24, 2.45) is 11.5 Å². The Bertz CT molecular complexity index is 1050. The summed E-state index contributed by atoms with van der Waals surface area (Å²) in [6, 6.07) is 13.7. The van der Waals surface area contributed by atoms with E-state index in [1.54, 1.807) is 0 Å². The molecule has 1 aliphatic heterocycles. The quantitative estimate of drug-likeness (QED) is 0.540. The zero-order chi connectivity index (χ0) is 23.8. The third-order valence-corrected chi connectivity index (χ3v) is 7.02. The number of anilines is 1. The van der Waals surface area contributed by atoms with Gasteiger partial charge in [-0.25, -0.2) is 4.98 Å². The van der Waals surface area contributed by atoms with Gasteiger partial charge in [-0.1, -0.05) is 49.0 Å². The second-order valence-corrected chi connectivity index (χ2v) is 8.92. The van der Waals surface area contributed by atoms with Crippen LogP contribution in [0.25, 0.3) is 0 Å². The largest absolute Gasteiger partial charge is 0.368 e. The minimum atomic E-state index is -0.690. The fourth-order valence-corrected chi connectivity index (χ4v) is 5.08. The number of aromatic nitrogens is 1. The number of pyridine rings is 1. The number of primary amides is 1. The first-order chi connectivity index (χ1) is 16.0. The number of amides is 1. The van der Waals surface area contributed by atoms with Crippen molar-refractivity contribution < 1.29 is 4.79 Å². The van der Waals surface area contributed by atoms with Crippen molar-refractivity contribution in [3.8, 4) is 12.1 Å². The Balaban J connectivity index is 2.00. The molecule has 2 heterocycles. The lowest BCUT2D eigenvalue weighted by Crippen LogP contribution is -2.47. The second kappa shape index (κ2) is 11.7. The van der Waals surface area contributed by atoms with E-state index in [2.05, 4.69) is 21.9 Å². The van der Waals surface area contributed by atoms with Crippen LogP contribution in [0.3, 0.4) is 0 Å². The van der Waals surface area contributed by atoms with Crippen molar-refractivity contribution in [1.29, 1.82) is 10.5 Å². The lowest BCUT2D eigenvalue weighted by Gasteiger charge is -2.36. The van der Waals surface area contributed by atoms with Gasteiger partial charge >= 0.3 is 0 Å². The summed E-state index contributed by atoms with van der Waals surface area (Å²) in [4.78, 5) is 21.5. The monoisotopic (exact) mass is 463 g/mol. The molecule has 1 aromatic carbocycles. The summed E-state index contributed by atoms with van der Waals surface area (Å²) in [5.41, 5.74) is 13.5. The number of nitrogens with two attached hydrogens (primary N) is 2. The first-order valence-corrected chi connectivity index (χ1v) is 12.0. The van der Waals surface area contributed by atoms with Gasteiger partial charge in [0.1, 0.15) is 28.2 Å². The van der Waals surface area contributed by atoms with Gasteiger partial charge in [-0.2, -0.15) is 10.5 Å². The highest BCUT2D eigenvalue weighted by Gasteiger charge is 2.28. The van der Waals surface area contributed by atoms with Crippen molar-refractivity contribution in [2.75, 3.05) is 44.2 Å². The Kier molecular flexibility index (Phi) is 8.67. The van der Waals surface area contributed by atoms with E-state index in [9.17, 15) is 15.3 Å². The summed E-state index contributed by atoms with van der Waals surface area (Å²) in [6.07, 6.45) is 1.46. The van der Waals surface area contributed by atoms with Crippen LogP contribution in [0.1, 0.15) is 40.8 Å². The molecule has 1 saturated heterocycles. The topological polar surface area (TPSA) is 136 Å². The van der Waals surface area contributed by atoms with Crippen LogP contribution in [0.4, 0.5) is 5.82 Å². The molecule has 1 aromatic heterocycles. The summed E-state index contributed by atoms with van der Waals surface area (Å²) in [6.45, 7) is 6.69. The number of nitrogens with zero attached hydrogens (tertiary/aromatic N) is 5. The molecule has 4 N–H and O–H groups in total. The normalized spacial score (nSPS) is 15.0. The fourth-order valence-electron chi connectivity index (χ4n) is 4.03. The molecule has 0 bridgehead atoms. The third-order valence-electron chi connectivity index (χ3n) is 5.77. The molecule has 0 aliphatic carbocycles. The maximum Gasteiger partial charge on any atom is 0.235 e. The zero-order valence-corrected chi connectivity index (χ0v) is 19.6. The third kappa shape index (κ3) is 5.63. The lowest BCUT2D eigenvalue weighted by atomic mass is 10.0. The fraction of sp³-hybridized carbons (Fsp3) is 0.417. The molecule has 0 spiro atoms. The molecule has 2 aromatic rings. The number of piperazine rings is 1. The van der Waals surface area contributed by atoms with Gasteiger partial charge in [-0.05, 0) is 37.1 Å². The summed E-state index contributed by atoms with van der Waals surface area (Å²) in [5, 5.41) is 19.6. The van der Waals surface area contributed by atoms with E-state index >= 15 is 0 Å². The van der Waals surface area contributed by atoms with E-state index in [0.29, 0.717) is 40.5 Å². The Morgan fingerprint density at radius 3 is 2.36 bits per heavy atom. The molecule has 3 rings (SSSR count). The molecule has 172 valence electrons. The molecule has 9 heteroatoms. The number of benzene rings is 1. The van der Waals surface area contributed by atoms with Crippen molar-refractivity contribution in [2.45, 2.75) is 30.0 Å². The lowest BCUT2D eigenvalue weighted by molar-refractivity contribution is -0.117. The van der Waals surface area contributed by atoms with E-state index < -0.39 is 11.2 Å². The zero-order valence-electron chi connectivity index (χ0n) is 18.8. The van der Waals surface area contributed by atoms with E-state index in [-0.39, 0.29) is 0 Å². The van der Waals surface area contributed by atoms with E-state index in [0.717, 1.165) is 44.7 Å². The van der Waals surface area contributed by atoms with Crippen molar-refractivity contribution in [1.82, 2.24) is 9.88 Å². The highest BCUT2D eigenvalue weighted by atomic mass is 32.2. The summed E-state index contributed by atoms with van der Waals surface area (Å²) in [7, 11) is 0. The molecule has 33 heavy (non-hydrogen) atoms. The Morgan fingerprint density at radius 1 is 1.15 bits per heavy atom. The highest BCUT2D eigenvalue weighted by Crippen LogP contribution is 2.39. The molecular formula is C24H29N7OS. The van der Waals surface area contributed by atoms with Gasteiger partial charge in [0.15, 0.2) is 0 Å². The highest BCUT2D eigenvalue weighted by molar-refractivity contribution is 8.00. The Labute approximate surface area is 199 Å². The average molecular weight is 464 g/mol. The minimum absolute atomic E-state index is 0.339. The van der Waals surface area contributed by atoms with Gasteiger partial charge < -0.3 is 16.4 Å². The van der Waals surface area contributed by atoms with E-state index in [1.165, 1.54) is 11.8 Å². The number of hydrogen-bond donors (Lipinski definition) is 2. The first kappa shape index (κ1) is 24.5. The molecule has 1 fully saturated rings. The van der Waals surface area contributed by atoms with Crippen LogP contribution < -0.4 is 16.4 Å². The van der Waals surface area contributed by atoms with Gasteiger partial charge in [0.2, 0.25) is 5.91 Å². The van der Waals surface area contributed by atoms with Crippen LogP contribution in [0.2, 0.25) is 0 Å². The minimum Gasteiger partial charge on any atom is -0.368 e. The summed E-state index contributed by atoms with van der Waals surface area (Å²) in [5.74, 6) is 0.0694. The van der Waals surface area contributed by atoms with Gasteiger partial charge in [0.25, 0.3) is 0 Å². The number of carbonyl (C=O) groups is 1. The van der Waals surface area contributed by atoms with Crippen LogP contribution in [0, 0.1) is 22.7 Å². The molecular weight excluding hydrogens is 434 g/mol. The maximum atomic E-state index is 12.3. The molecule has 1 amide bonds. The molecule has 1 atom stereocenters. The van der Waals surface area contributed by atoms with E-state index in [4.69, 9.17) is 16.5 Å². The van der Waals surface area contributed by atoms with Crippen LogP contribution in [-0.2, 0) is 11.2 Å². The van der Waals surface area contributed by atoms with Crippen molar-refractivity contribution in [3.63, 3.8) is 0 Å². The van der Waals surface area contributed by atoms with Crippen LogP contribution >= 0.6 is 11.8 Å². The number of thioether (sulfide) groups is 1. The SMILES string of the molecule is CCc1c(C#N)c(SC(C(N)=O)c2ccccc2)nc(N2CCN(CCCN)CC2)c1C#N. The van der Waals surface area contributed by atoms with Crippen molar-refractivity contribution >= 4 is 23.5 Å². The van der Waals surface area contributed by atoms with Gasteiger partial charge in [0.05, 0.1) is 11.1 Å². The van der Waals surface area contributed by atoms with Crippen LogP contribution in [0.15, 0.2) is 35.4 Å². The van der Waals surface area contributed by atoms with Crippen molar-refractivity contribution in [3.05, 3.63) is 52.6 Å². The van der Waals surface area contributed by atoms with Gasteiger partial charge in [-0.15, -0.1) is 0 Å². The van der Waals surface area contributed by atoms with Gasteiger partial charge in [-0.3, -0.25) is 9.69 Å². The van der Waals surface area contributed by atoms with Crippen LogP contribution in [0.5, 0.6) is 0 Å². The standard InChI is InChI=1S/C24H29N7OS/c1-2-18-19(15-26)23(31-13-11-30(12-14-31)10-6-9-25)29-24(20(18)16-27)33-21(22(28)32)17-7-4-3-5-8-17/h3-5,7-8,21H,2,6,9-14,25H2,1H3,(H2,28,32). The molecule has 0 radical (unpaired) electrons. The molecule has 0 saturated carbocycles.